The quantitative estimate of drug-likeness (QED) is 0.167. The number of hydrogen-bond acceptors (Lipinski definition) is 2. The van der Waals surface area contributed by atoms with Crippen LogP contribution >= 0.6 is 0 Å². The first-order valence-electron chi connectivity index (χ1n) is 23.0. The zero-order valence-corrected chi connectivity index (χ0v) is 36.8. The highest BCUT2D eigenvalue weighted by molar-refractivity contribution is 6.06. The largest absolute Gasteiger partial charge is 0.228 e. The fourth-order valence-electron chi connectivity index (χ4n) is 11.5. The van der Waals surface area contributed by atoms with Crippen molar-refractivity contribution in [1.82, 2.24) is 9.97 Å². The number of rotatable bonds is 6. The monoisotopic (exact) mass is 840 g/mol. The zero-order valence-electron chi connectivity index (χ0n) is 36.8. The Labute approximate surface area is 385 Å². The molecule has 0 unspecified atom stereocenters. The van der Waals surface area contributed by atoms with Crippen LogP contribution in [-0.2, 0) is 10.8 Å². The molecule has 0 aliphatic heterocycles. The van der Waals surface area contributed by atoms with E-state index < -0.39 is 5.41 Å². The lowest BCUT2D eigenvalue weighted by molar-refractivity contribution is 0.661. The molecule has 0 bridgehead atoms. The van der Waals surface area contributed by atoms with E-state index in [1.165, 1.54) is 82.9 Å². The fourth-order valence-corrected chi connectivity index (χ4v) is 11.5. The van der Waals surface area contributed by atoms with Gasteiger partial charge in [-0.05, 0) is 113 Å². The van der Waals surface area contributed by atoms with Crippen LogP contribution in [0, 0.1) is 0 Å². The molecule has 11 aromatic rings. The van der Waals surface area contributed by atoms with E-state index in [4.69, 9.17) is 9.97 Å². The van der Waals surface area contributed by atoms with E-state index in [-0.39, 0.29) is 5.41 Å². The molecule has 0 N–H and O–H groups in total. The SMILES string of the molecule is CC1(C)c2cc(-c3ccc(-c4nc(-c5ccccc5)cc(-c5ccc6c(c5)-c5ccccc5C6(c5ccccc5)c5ccccc5)n4)c4ccccc34)ccc2-c2c1ccc1ccccc21. The summed E-state index contributed by atoms with van der Waals surface area (Å²) in [7, 11) is 0. The molecule has 0 saturated carbocycles. The van der Waals surface area contributed by atoms with Crippen LogP contribution in [0.2, 0.25) is 0 Å². The lowest BCUT2D eigenvalue weighted by atomic mass is 9.67. The molecule has 0 radical (unpaired) electrons. The summed E-state index contributed by atoms with van der Waals surface area (Å²) in [5, 5.41) is 4.90. The highest BCUT2D eigenvalue weighted by Crippen LogP contribution is 2.57. The third-order valence-corrected chi connectivity index (χ3v) is 14.6. The molecule has 2 aliphatic carbocycles. The molecule has 1 aromatic heterocycles. The molecular weight excluding hydrogens is 797 g/mol. The van der Waals surface area contributed by atoms with E-state index in [1.54, 1.807) is 0 Å². The molecular formula is C64H44N2. The summed E-state index contributed by atoms with van der Waals surface area (Å²) in [6.45, 7) is 4.74. The minimum Gasteiger partial charge on any atom is -0.228 e. The van der Waals surface area contributed by atoms with Gasteiger partial charge in [-0.3, -0.25) is 0 Å². The average molecular weight is 841 g/mol. The summed E-state index contributed by atoms with van der Waals surface area (Å²) in [4.78, 5) is 10.9. The molecule has 13 rings (SSSR count). The molecule has 1 heterocycles. The minimum absolute atomic E-state index is 0.132. The van der Waals surface area contributed by atoms with E-state index in [0.717, 1.165) is 33.5 Å². The van der Waals surface area contributed by atoms with Gasteiger partial charge in [0.1, 0.15) is 0 Å². The van der Waals surface area contributed by atoms with Gasteiger partial charge in [0, 0.05) is 22.1 Å². The number of hydrogen-bond donors (Lipinski definition) is 0. The average Bonchev–Trinajstić information content (AvgIpc) is 3.81. The Balaban J connectivity index is 0.972. The van der Waals surface area contributed by atoms with E-state index in [1.807, 2.05) is 0 Å². The van der Waals surface area contributed by atoms with Gasteiger partial charge in [-0.1, -0.05) is 220 Å². The van der Waals surface area contributed by atoms with Crippen molar-refractivity contribution in [2.75, 3.05) is 0 Å². The Morgan fingerprint density at radius 2 is 0.864 bits per heavy atom. The Morgan fingerprint density at radius 3 is 1.61 bits per heavy atom. The lowest BCUT2D eigenvalue weighted by Gasteiger charge is -2.33. The van der Waals surface area contributed by atoms with Crippen molar-refractivity contribution in [2.45, 2.75) is 24.7 Å². The molecule has 0 atom stereocenters. The highest BCUT2D eigenvalue weighted by Gasteiger charge is 2.46. The summed E-state index contributed by atoms with van der Waals surface area (Å²) >= 11 is 0. The first-order chi connectivity index (χ1) is 32.5. The van der Waals surface area contributed by atoms with Crippen LogP contribution in [0.1, 0.15) is 47.2 Å². The number of fused-ring (bicyclic) bond motifs is 9. The Hall–Kier alpha value is -8.20. The van der Waals surface area contributed by atoms with Crippen molar-refractivity contribution in [3.05, 3.63) is 264 Å². The van der Waals surface area contributed by atoms with Gasteiger partial charge in [0.2, 0.25) is 0 Å². The smallest absolute Gasteiger partial charge is 0.161 e. The molecule has 2 aliphatic rings. The van der Waals surface area contributed by atoms with Gasteiger partial charge in [0.15, 0.2) is 5.82 Å². The number of nitrogens with zero attached hydrogens (tertiary/aromatic N) is 2. The van der Waals surface area contributed by atoms with Gasteiger partial charge >= 0.3 is 0 Å². The molecule has 310 valence electrons. The van der Waals surface area contributed by atoms with Crippen LogP contribution in [0.25, 0.3) is 88.8 Å². The first kappa shape index (κ1) is 38.3. The normalized spacial score (nSPS) is 13.8. The number of aromatic nitrogens is 2. The van der Waals surface area contributed by atoms with Gasteiger partial charge in [-0.15, -0.1) is 0 Å². The van der Waals surface area contributed by atoms with Crippen LogP contribution in [-0.4, -0.2) is 9.97 Å². The third kappa shape index (κ3) is 5.61. The van der Waals surface area contributed by atoms with E-state index in [9.17, 15) is 0 Å². The number of benzene rings is 10. The minimum atomic E-state index is -0.466. The molecule has 0 amide bonds. The standard InChI is InChI=1S/C64H44N2/c1-63(2)57-37-31-41-18-12-13-25-48(41)61(57)53-33-30-43(39-58(53)63)47-34-35-52(50-27-15-14-26-49(47)50)62-65-59(42-19-6-3-7-20-42)40-60(66-62)44-32-36-56-54(38-44)51-28-16-17-29-55(51)64(56,45-21-8-4-9-22-45)46-23-10-5-11-24-46/h3-40H,1-2H3. The summed E-state index contributed by atoms with van der Waals surface area (Å²) in [5.74, 6) is 0.704. The maximum atomic E-state index is 5.49. The third-order valence-electron chi connectivity index (χ3n) is 14.6. The second kappa shape index (κ2) is 14.7. The summed E-state index contributed by atoms with van der Waals surface area (Å²) < 4.78 is 0. The van der Waals surface area contributed by atoms with Gasteiger partial charge in [-0.25, -0.2) is 9.97 Å². The molecule has 10 aromatic carbocycles. The van der Waals surface area contributed by atoms with Crippen molar-refractivity contribution in [1.29, 1.82) is 0 Å². The lowest BCUT2D eigenvalue weighted by Crippen LogP contribution is -2.28. The maximum Gasteiger partial charge on any atom is 0.161 e. The van der Waals surface area contributed by atoms with Crippen molar-refractivity contribution < 1.29 is 0 Å². The molecule has 0 spiro atoms. The van der Waals surface area contributed by atoms with Crippen LogP contribution in [0.3, 0.4) is 0 Å². The van der Waals surface area contributed by atoms with Crippen molar-refractivity contribution in [3.8, 4) is 67.3 Å². The van der Waals surface area contributed by atoms with E-state index in [0.29, 0.717) is 5.82 Å². The molecule has 2 heteroatoms. The van der Waals surface area contributed by atoms with Crippen LogP contribution in [0.15, 0.2) is 231 Å². The Bertz CT molecular complexity index is 3680. The fraction of sp³-hybridized carbons (Fsp3) is 0.0625. The van der Waals surface area contributed by atoms with Crippen LogP contribution in [0.4, 0.5) is 0 Å². The van der Waals surface area contributed by atoms with Crippen LogP contribution in [0.5, 0.6) is 0 Å². The van der Waals surface area contributed by atoms with Crippen molar-refractivity contribution >= 4 is 21.5 Å². The summed E-state index contributed by atoms with van der Waals surface area (Å²) in [6.07, 6.45) is 0. The highest BCUT2D eigenvalue weighted by atomic mass is 14.9. The van der Waals surface area contributed by atoms with E-state index >= 15 is 0 Å². The second-order valence-corrected chi connectivity index (χ2v) is 18.4. The summed E-state index contributed by atoms with van der Waals surface area (Å²) in [6, 6.07) is 84.3. The predicted molar refractivity (Wildman–Crippen MR) is 274 cm³/mol. The van der Waals surface area contributed by atoms with Gasteiger partial charge in [-0.2, -0.15) is 0 Å². The topological polar surface area (TPSA) is 25.8 Å². The van der Waals surface area contributed by atoms with E-state index in [2.05, 4.69) is 244 Å². The second-order valence-electron chi connectivity index (χ2n) is 18.4. The Kier molecular flexibility index (Phi) is 8.51. The van der Waals surface area contributed by atoms with Crippen molar-refractivity contribution in [2.24, 2.45) is 0 Å². The van der Waals surface area contributed by atoms with Gasteiger partial charge < -0.3 is 0 Å². The van der Waals surface area contributed by atoms with Gasteiger partial charge in [0.05, 0.1) is 16.8 Å². The maximum absolute atomic E-state index is 5.49. The molecule has 0 fully saturated rings. The first-order valence-corrected chi connectivity index (χ1v) is 23.0. The van der Waals surface area contributed by atoms with Crippen LogP contribution < -0.4 is 0 Å². The zero-order chi connectivity index (χ0) is 44.0. The molecule has 0 saturated heterocycles. The van der Waals surface area contributed by atoms with Gasteiger partial charge in [0.25, 0.3) is 0 Å². The predicted octanol–water partition coefficient (Wildman–Crippen LogP) is 16.1. The molecule has 2 nitrogen and oxygen atoms in total. The van der Waals surface area contributed by atoms with Crippen molar-refractivity contribution in [3.63, 3.8) is 0 Å². The Morgan fingerprint density at radius 1 is 0.318 bits per heavy atom. The summed E-state index contributed by atoms with van der Waals surface area (Å²) in [5.41, 5.74) is 19.7. The molecule has 66 heavy (non-hydrogen) atoms.